The molecule has 0 unspecified atom stereocenters. The van der Waals surface area contributed by atoms with E-state index in [4.69, 9.17) is 26.8 Å². The van der Waals surface area contributed by atoms with Crippen molar-refractivity contribution in [3.8, 4) is 5.75 Å². The number of carbonyl (C=O) groups excluding carboxylic acids is 2. The second-order valence-corrected chi connectivity index (χ2v) is 4.72. The Kier molecular flexibility index (Phi) is 4.81. The summed E-state index contributed by atoms with van der Waals surface area (Å²) in [6.45, 7) is 2.00. The number of nitrogens with zero attached hydrogens (tertiary/aromatic N) is 1. The Morgan fingerprint density at radius 1 is 1.35 bits per heavy atom. The number of carbonyl (C=O) groups is 2. The van der Waals surface area contributed by atoms with E-state index < -0.39 is 5.91 Å². The first-order chi connectivity index (χ1) is 9.58. The van der Waals surface area contributed by atoms with E-state index in [1.165, 1.54) is 12.1 Å². The molecule has 1 aliphatic heterocycles. The third-order valence-corrected chi connectivity index (χ3v) is 3.16. The second-order valence-electron chi connectivity index (χ2n) is 4.29. The van der Waals surface area contributed by atoms with E-state index in [1.54, 1.807) is 11.0 Å². The molecule has 7 heteroatoms. The van der Waals surface area contributed by atoms with Gasteiger partial charge in [-0.2, -0.15) is 0 Å². The molecule has 1 aromatic carbocycles. The molecule has 0 bridgehead atoms. The minimum absolute atomic E-state index is 0.151. The van der Waals surface area contributed by atoms with E-state index in [-0.39, 0.29) is 23.8 Å². The summed E-state index contributed by atoms with van der Waals surface area (Å²) in [5.41, 5.74) is 5.40. The van der Waals surface area contributed by atoms with Gasteiger partial charge >= 0.3 is 0 Å². The van der Waals surface area contributed by atoms with Gasteiger partial charge in [0.15, 0.2) is 6.61 Å². The molecule has 2 N–H and O–H groups in total. The van der Waals surface area contributed by atoms with E-state index in [0.717, 1.165) is 0 Å². The fourth-order valence-electron chi connectivity index (χ4n) is 1.86. The number of amides is 2. The molecular formula is C13H15ClN2O4. The lowest BCUT2D eigenvalue weighted by Crippen LogP contribution is -2.43. The topological polar surface area (TPSA) is 81.9 Å². The molecule has 0 radical (unpaired) electrons. The van der Waals surface area contributed by atoms with Gasteiger partial charge in [-0.15, -0.1) is 0 Å². The molecule has 108 valence electrons. The first kappa shape index (κ1) is 14.6. The van der Waals surface area contributed by atoms with E-state index in [2.05, 4.69) is 0 Å². The van der Waals surface area contributed by atoms with Crippen LogP contribution in [0.25, 0.3) is 0 Å². The van der Waals surface area contributed by atoms with E-state index >= 15 is 0 Å². The Hall–Kier alpha value is -1.79. The van der Waals surface area contributed by atoms with Gasteiger partial charge in [0.1, 0.15) is 5.75 Å². The van der Waals surface area contributed by atoms with Gasteiger partial charge in [-0.05, 0) is 18.2 Å². The number of ether oxygens (including phenoxy) is 2. The van der Waals surface area contributed by atoms with Gasteiger partial charge in [-0.1, -0.05) is 11.6 Å². The minimum atomic E-state index is -0.652. The zero-order chi connectivity index (χ0) is 14.5. The van der Waals surface area contributed by atoms with Crippen LogP contribution in [0.4, 0.5) is 0 Å². The fourth-order valence-corrected chi connectivity index (χ4v) is 2.04. The molecule has 0 atom stereocenters. The van der Waals surface area contributed by atoms with Crippen molar-refractivity contribution in [1.82, 2.24) is 4.90 Å². The van der Waals surface area contributed by atoms with Gasteiger partial charge in [0.25, 0.3) is 11.8 Å². The predicted molar refractivity (Wildman–Crippen MR) is 72.9 cm³/mol. The van der Waals surface area contributed by atoms with Crippen LogP contribution < -0.4 is 10.5 Å². The number of nitrogens with two attached hydrogens (primary N) is 1. The summed E-state index contributed by atoms with van der Waals surface area (Å²) in [4.78, 5) is 24.9. The molecule has 20 heavy (non-hydrogen) atoms. The first-order valence-corrected chi connectivity index (χ1v) is 6.53. The van der Waals surface area contributed by atoms with E-state index in [1.807, 2.05) is 0 Å². The molecule has 1 fully saturated rings. The standard InChI is InChI=1S/C13H15ClN2O4/c14-9-1-2-11(10(7-9)13(15)18)20-8-12(17)16-3-5-19-6-4-16/h1-2,7H,3-6,8H2,(H2,15,18). The largest absolute Gasteiger partial charge is 0.483 e. The third kappa shape index (κ3) is 3.61. The third-order valence-electron chi connectivity index (χ3n) is 2.92. The van der Waals surface area contributed by atoms with Gasteiger partial charge in [0.05, 0.1) is 18.8 Å². The van der Waals surface area contributed by atoms with Crippen LogP contribution in [0, 0.1) is 0 Å². The number of halogens is 1. The highest BCUT2D eigenvalue weighted by molar-refractivity contribution is 6.31. The van der Waals surface area contributed by atoms with Crippen molar-refractivity contribution in [3.63, 3.8) is 0 Å². The smallest absolute Gasteiger partial charge is 0.260 e. The highest BCUT2D eigenvalue weighted by atomic mass is 35.5. The van der Waals surface area contributed by atoms with Crippen LogP contribution in [0.2, 0.25) is 5.02 Å². The van der Waals surface area contributed by atoms with Crippen molar-refractivity contribution in [2.24, 2.45) is 5.73 Å². The Labute approximate surface area is 121 Å². The highest BCUT2D eigenvalue weighted by Crippen LogP contribution is 2.22. The summed E-state index contributed by atoms with van der Waals surface area (Å²) in [5, 5.41) is 0.380. The summed E-state index contributed by atoms with van der Waals surface area (Å²) in [6.07, 6.45) is 0. The quantitative estimate of drug-likeness (QED) is 0.886. The second kappa shape index (κ2) is 6.58. The molecule has 0 saturated carbocycles. The Morgan fingerprint density at radius 2 is 2.05 bits per heavy atom. The summed E-state index contributed by atoms with van der Waals surface area (Å²) in [6, 6.07) is 4.51. The van der Waals surface area contributed by atoms with Crippen LogP contribution in [-0.2, 0) is 9.53 Å². The number of primary amides is 1. The van der Waals surface area contributed by atoms with Crippen molar-refractivity contribution < 1.29 is 19.1 Å². The van der Waals surface area contributed by atoms with Gasteiger partial charge in [0, 0.05) is 18.1 Å². The summed E-state index contributed by atoms with van der Waals surface area (Å²) >= 11 is 5.79. The molecule has 2 amide bonds. The van der Waals surface area contributed by atoms with Crippen LogP contribution in [-0.4, -0.2) is 49.6 Å². The summed E-state index contributed by atoms with van der Waals surface area (Å²) in [5.74, 6) is -0.552. The number of rotatable bonds is 4. The fraction of sp³-hybridized carbons (Fsp3) is 0.385. The predicted octanol–water partition coefficient (Wildman–Crippen LogP) is 0.676. The van der Waals surface area contributed by atoms with Crippen molar-refractivity contribution in [1.29, 1.82) is 0 Å². The van der Waals surface area contributed by atoms with Crippen molar-refractivity contribution in [2.45, 2.75) is 0 Å². The summed E-state index contributed by atoms with van der Waals surface area (Å²) < 4.78 is 10.5. The lowest BCUT2D eigenvalue weighted by molar-refractivity contribution is -0.137. The van der Waals surface area contributed by atoms with Gasteiger partial charge in [-0.25, -0.2) is 0 Å². The van der Waals surface area contributed by atoms with Crippen molar-refractivity contribution in [3.05, 3.63) is 28.8 Å². The monoisotopic (exact) mass is 298 g/mol. The lowest BCUT2D eigenvalue weighted by atomic mass is 10.2. The zero-order valence-corrected chi connectivity index (χ0v) is 11.6. The first-order valence-electron chi connectivity index (χ1n) is 6.15. The summed E-state index contributed by atoms with van der Waals surface area (Å²) in [7, 11) is 0. The van der Waals surface area contributed by atoms with Gasteiger partial charge in [-0.3, -0.25) is 9.59 Å². The number of morpholine rings is 1. The maximum Gasteiger partial charge on any atom is 0.260 e. The maximum absolute atomic E-state index is 11.9. The molecule has 0 spiro atoms. The van der Waals surface area contributed by atoms with E-state index in [0.29, 0.717) is 31.3 Å². The van der Waals surface area contributed by atoms with Crippen LogP contribution in [0.3, 0.4) is 0 Å². The molecule has 1 aromatic rings. The molecule has 0 aliphatic carbocycles. The van der Waals surface area contributed by atoms with Crippen LogP contribution >= 0.6 is 11.6 Å². The normalized spacial score (nSPS) is 14.9. The average Bonchev–Trinajstić information content (AvgIpc) is 2.46. The van der Waals surface area contributed by atoms with Crippen LogP contribution in [0.1, 0.15) is 10.4 Å². The van der Waals surface area contributed by atoms with Crippen molar-refractivity contribution in [2.75, 3.05) is 32.9 Å². The highest BCUT2D eigenvalue weighted by Gasteiger charge is 2.18. The SMILES string of the molecule is NC(=O)c1cc(Cl)ccc1OCC(=O)N1CCOCC1. The van der Waals surface area contributed by atoms with Crippen LogP contribution in [0.5, 0.6) is 5.75 Å². The minimum Gasteiger partial charge on any atom is -0.483 e. The molecule has 6 nitrogen and oxygen atoms in total. The molecular weight excluding hydrogens is 284 g/mol. The van der Waals surface area contributed by atoms with Crippen LogP contribution in [0.15, 0.2) is 18.2 Å². The Balaban J connectivity index is 1.99. The number of hydrogen-bond acceptors (Lipinski definition) is 4. The molecule has 2 rings (SSSR count). The molecule has 1 heterocycles. The molecule has 0 aromatic heterocycles. The zero-order valence-electron chi connectivity index (χ0n) is 10.8. The van der Waals surface area contributed by atoms with Gasteiger partial charge < -0.3 is 20.1 Å². The average molecular weight is 299 g/mol. The maximum atomic E-state index is 11.9. The Morgan fingerprint density at radius 3 is 2.70 bits per heavy atom. The Bertz CT molecular complexity index is 515. The van der Waals surface area contributed by atoms with E-state index in [9.17, 15) is 9.59 Å². The molecule has 1 aliphatic rings. The lowest BCUT2D eigenvalue weighted by Gasteiger charge is -2.26. The number of benzene rings is 1. The van der Waals surface area contributed by atoms with Gasteiger partial charge in [0.2, 0.25) is 0 Å². The van der Waals surface area contributed by atoms with Crippen molar-refractivity contribution >= 4 is 23.4 Å². The number of hydrogen-bond donors (Lipinski definition) is 1. The molecule has 1 saturated heterocycles.